The van der Waals surface area contributed by atoms with Crippen molar-refractivity contribution in [1.82, 2.24) is 10.2 Å². The summed E-state index contributed by atoms with van der Waals surface area (Å²) < 4.78 is 0. The number of rotatable bonds is 8. The van der Waals surface area contributed by atoms with E-state index in [0.29, 0.717) is 6.54 Å². The summed E-state index contributed by atoms with van der Waals surface area (Å²) in [5, 5.41) is 2.89. The van der Waals surface area contributed by atoms with Gasteiger partial charge in [0, 0.05) is 26.2 Å². The molecule has 0 aromatic heterocycles. The molecule has 0 aliphatic rings. The quantitative estimate of drug-likeness (QED) is 0.517. The zero-order valence-electron chi connectivity index (χ0n) is 17.6. The number of hydrogen-bond donors (Lipinski definition) is 3. The summed E-state index contributed by atoms with van der Waals surface area (Å²) in [7, 11) is 4.03. The largest absolute Gasteiger partial charge is 0.329 e. The molecule has 3 rings (SSSR count). The van der Waals surface area contributed by atoms with Gasteiger partial charge in [0.25, 0.3) is 0 Å². The topological polar surface area (TPSA) is 67.3 Å². The van der Waals surface area contributed by atoms with Crippen molar-refractivity contribution in [2.45, 2.75) is 5.54 Å². The molecule has 0 spiro atoms. The fraction of sp³-hybridized carbons (Fsp3) is 0.280. The van der Waals surface area contributed by atoms with Crippen LogP contribution in [0.3, 0.4) is 0 Å². The van der Waals surface area contributed by atoms with Gasteiger partial charge in [0.1, 0.15) is 0 Å². The Morgan fingerprint density at radius 1 is 0.690 bits per heavy atom. The molecule has 0 bridgehead atoms. The van der Waals surface area contributed by atoms with E-state index in [0.717, 1.165) is 19.6 Å². The molecule has 0 saturated heterocycles. The molecular formula is C25H34N4. The van der Waals surface area contributed by atoms with Crippen molar-refractivity contribution in [3.63, 3.8) is 0 Å². The lowest BCUT2D eigenvalue weighted by atomic mass is 9.76. The highest BCUT2D eigenvalue weighted by molar-refractivity contribution is 5.49. The second kappa shape index (κ2) is 12.1. The van der Waals surface area contributed by atoms with E-state index in [9.17, 15) is 0 Å². The smallest absolute Gasteiger partial charge is 0.0970 e. The predicted molar refractivity (Wildman–Crippen MR) is 124 cm³/mol. The number of nitrogens with zero attached hydrogens (tertiary/aromatic N) is 1. The third kappa shape index (κ3) is 5.52. The minimum Gasteiger partial charge on any atom is -0.329 e. The summed E-state index contributed by atoms with van der Waals surface area (Å²) in [5.41, 5.74) is 14.4. The highest BCUT2D eigenvalue weighted by Gasteiger charge is 2.39. The molecule has 0 heterocycles. The van der Waals surface area contributed by atoms with Crippen LogP contribution in [-0.4, -0.2) is 45.2 Å². The van der Waals surface area contributed by atoms with Crippen molar-refractivity contribution in [1.29, 1.82) is 0 Å². The summed E-state index contributed by atoms with van der Waals surface area (Å²) in [6, 6.07) is 32.0. The zero-order chi connectivity index (χ0) is 21.0. The predicted octanol–water partition coefficient (Wildman–Crippen LogP) is 3.03. The normalized spacial score (nSPS) is 11.1. The van der Waals surface area contributed by atoms with Crippen LogP contribution in [0.2, 0.25) is 0 Å². The van der Waals surface area contributed by atoms with Crippen LogP contribution in [0.1, 0.15) is 16.7 Å². The maximum atomic E-state index is 5.92. The minimum absolute atomic E-state index is 0.358. The summed E-state index contributed by atoms with van der Waals surface area (Å²) in [6.45, 7) is 3.07. The molecular weight excluding hydrogens is 356 g/mol. The molecule has 4 heteroatoms. The lowest BCUT2D eigenvalue weighted by molar-refractivity contribution is 0.205. The summed E-state index contributed by atoms with van der Waals surface area (Å²) in [6.07, 6.45) is 0. The Balaban J connectivity index is 0.000000537. The second-order valence-electron chi connectivity index (χ2n) is 6.91. The fourth-order valence-electron chi connectivity index (χ4n) is 3.70. The maximum Gasteiger partial charge on any atom is 0.0970 e. The molecule has 29 heavy (non-hydrogen) atoms. The molecule has 154 valence electrons. The van der Waals surface area contributed by atoms with E-state index in [1.54, 1.807) is 0 Å². The number of benzene rings is 3. The Hall–Kier alpha value is -2.50. The van der Waals surface area contributed by atoms with Crippen LogP contribution in [0.5, 0.6) is 0 Å². The number of nitrogens with one attached hydrogen (secondary N) is 1. The van der Waals surface area contributed by atoms with Crippen LogP contribution >= 0.6 is 0 Å². The van der Waals surface area contributed by atoms with Crippen LogP contribution in [0, 0.1) is 0 Å². The molecule has 0 saturated carbocycles. The molecule has 0 fully saturated rings. The standard InChI is InChI=1S/C22H24N2.C3H10N2/c1-24(18-17-23)22(19-11-5-2-6-12-19,20-13-7-3-8-14-20)21-15-9-4-10-16-21;1-5-3-2-4/h2-16H,17-18,23H2,1H3;5H,2-4H2,1H3. The van der Waals surface area contributed by atoms with E-state index < -0.39 is 0 Å². The van der Waals surface area contributed by atoms with Gasteiger partial charge in [-0.3, -0.25) is 4.90 Å². The van der Waals surface area contributed by atoms with Crippen LogP contribution in [0.4, 0.5) is 0 Å². The van der Waals surface area contributed by atoms with Gasteiger partial charge < -0.3 is 16.8 Å². The Labute approximate surface area is 175 Å². The van der Waals surface area contributed by atoms with E-state index in [1.807, 2.05) is 7.05 Å². The molecule has 0 unspecified atom stereocenters. The summed E-state index contributed by atoms with van der Waals surface area (Å²) >= 11 is 0. The minimum atomic E-state index is -0.358. The zero-order valence-corrected chi connectivity index (χ0v) is 17.6. The number of likely N-dealkylation sites (N-methyl/N-ethyl adjacent to an activating group) is 2. The van der Waals surface area contributed by atoms with Gasteiger partial charge in [0.15, 0.2) is 0 Å². The van der Waals surface area contributed by atoms with Gasteiger partial charge >= 0.3 is 0 Å². The first-order valence-corrected chi connectivity index (χ1v) is 10.1. The lowest BCUT2D eigenvalue weighted by Crippen LogP contribution is -2.47. The average Bonchev–Trinajstić information content (AvgIpc) is 2.78. The number of nitrogens with two attached hydrogens (primary N) is 2. The molecule has 3 aromatic rings. The van der Waals surface area contributed by atoms with Gasteiger partial charge in [0.05, 0.1) is 5.54 Å². The fourth-order valence-corrected chi connectivity index (χ4v) is 3.70. The van der Waals surface area contributed by atoms with Crippen molar-refractivity contribution in [2.24, 2.45) is 11.5 Å². The van der Waals surface area contributed by atoms with Gasteiger partial charge in [-0.1, -0.05) is 91.0 Å². The molecule has 0 aliphatic carbocycles. The first-order chi connectivity index (χ1) is 14.2. The third-order valence-electron chi connectivity index (χ3n) is 5.01. The van der Waals surface area contributed by atoms with Crippen molar-refractivity contribution < 1.29 is 0 Å². The van der Waals surface area contributed by atoms with E-state index in [4.69, 9.17) is 11.5 Å². The SMILES string of the molecule is CN(CCN)C(c1ccccc1)(c1ccccc1)c1ccccc1.CNCCN. The molecule has 4 nitrogen and oxygen atoms in total. The Bertz CT molecular complexity index is 692. The lowest BCUT2D eigenvalue weighted by Gasteiger charge is -2.43. The monoisotopic (exact) mass is 390 g/mol. The highest BCUT2D eigenvalue weighted by Crippen LogP contribution is 2.41. The third-order valence-corrected chi connectivity index (χ3v) is 5.01. The Morgan fingerprint density at radius 2 is 1.07 bits per heavy atom. The summed E-state index contributed by atoms with van der Waals surface area (Å²) in [5.74, 6) is 0. The Kier molecular flexibility index (Phi) is 9.54. The van der Waals surface area contributed by atoms with Crippen molar-refractivity contribution >= 4 is 0 Å². The molecule has 0 aliphatic heterocycles. The van der Waals surface area contributed by atoms with Gasteiger partial charge in [-0.25, -0.2) is 0 Å². The van der Waals surface area contributed by atoms with E-state index in [2.05, 4.69) is 108 Å². The average molecular weight is 391 g/mol. The van der Waals surface area contributed by atoms with Crippen molar-refractivity contribution in [2.75, 3.05) is 40.3 Å². The van der Waals surface area contributed by atoms with Crippen molar-refractivity contribution in [3.8, 4) is 0 Å². The molecule has 0 atom stereocenters. The van der Waals surface area contributed by atoms with Gasteiger partial charge in [-0.15, -0.1) is 0 Å². The van der Waals surface area contributed by atoms with Gasteiger partial charge in [0.2, 0.25) is 0 Å². The second-order valence-corrected chi connectivity index (χ2v) is 6.91. The molecule has 0 radical (unpaired) electrons. The van der Waals surface area contributed by atoms with E-state index in [-0.39, 0.29) is 5.54 Å². The van der Waals surface area contributed by atoms with Crippen LogP contribution in [-0.2, 0) is 5.54 Å². The van der Waals surface area contributed by atoms with Gasteiger partial charge in [-0.2, -0.15) is 0 Å². The van der Waals surface area contributed by atoms with E-state index >= 15 is 0 Å². The molecule has 3 aromatic carbocycles. The summed E-state index contributed by atoms with van der Waals surface area (Å²) in [4.78, 5) is 2.35. The number of hydrogen-bond acceptors (Lipinski definition) is 4. The van der Waals surface area contributed by atoms with Crippen LogP contribution in [0.15, 0.2) is 91.0 Å². The van der Waals surface area contributed by atoms with Crippen LogP contribution in [0.25, 0.3) is 0 Å². The van der Waals surface area contributed by atoms with Crippen LogP contribution < -0.4 is 16.8 Å². The maximum absolute atomic E-state index is 5.92. The molecule has 0 amide bonds. The van der Waals surface area contributed by atoms with Gasteiger partial charge in [-0.05, 0) is 30.8 Å². The van der Waals surface area contributed by atoms with Crippen molar-refractivity contribution in [3.05, 3.63) is 108 Å². The van der Waals surface area contributed by atoms with E-state index in [1.165, 1.54) is 16.7 Å². The molecule has 5 N–H and O–H groups in total. The highest BCUT2D eigenvalue weighted by atomic mass is 15.2. The first-order valence-electron chi connectivity index (χ1n) is 10.1. The first kappa shape index (κ1) is 22.8. The Morgan fingerprint density at radius 3 is 1.31 bits per heavy atom.